The van der Waals surface area contributed by atoms with Crippen LogP contribution >= 0.6 is 23.6 Å². The van der Waals surface area contributed by atoms with Gasteiger partial charge in [0.25, 0.3) is 0 Å². The van der Waals surface area contributed by atoms with Crippen molar-refractivity contribution in [3.8, 4) is 22.2 Å². The Morgan fingerprint density at radius 3 is 2.70 bits per heavy atom. The third-order valence-electron chi connectivity index (χ3n) is 3.97. The number of rotatable bonds is 8. The van der Waals surface area contributed by atoms with Gasteiger partial charge in [-0.15, -0.1) is 11.3 Å². The van der Waals surface area contributed by atoms with Gasteiger partial charge < -0.3 is 14.4 Å². The van der Waals surface area contributed by atoms with Crippen molar-refractivity contribution < 1.29 is 14.3 Å². The molecule has 2 heterocycles. The van der Waals surface area contributed by atoms with Crippen molar-refractivity contribution in [2.75, 3.05) is 27.3 Å². The van der Waals surface area contributed by atoms with Crippen molar-refractivity contribution in [3.63, 3.8) is 0 Å². The molecule has 3 rings (SSSR count). The summed E-state index contributed by atoms with van der Waals surface area (Å²) in [5.41, 5.74) is 0. The Hall–Kier alpha value is -2.65. The fourth-order valence-corrected chi connectivity index (χ4v) is 3.33. The Morgan fingerprint density at radius 2 is 2.04 bits per heavy atom. The lowest BCUT2D eigenvalue weighted by molar-refractivity contribution is -0.130. The molecule has 0 aliphatic heterocycles. The monoisotopic (exact) mass is 404 g/mol. The van der Waals surface area contributed by atoms with Crippen LogP contribution in [0, 0.1) is 4.77 Å². The first-order valence-electron chi connectivity index (χ1n) is 8.28. The smallest absolute Gasteiger partial charge is 0.242 e. The highest BCUT2D eigenvalue weighted by Gasteiger charge is 2.15. The number of nitrogens with one attached hydrogen (secondary N) is 1. The molecule has 9 heteroatoms. The highest BCUT2D eigenvalue weighted by atomic mass is 32.1. The van der Waals surface area contributed by atoms with E-state index in [1.165, 1.54) is 0 Å². The molecule has 0 saturated heterocycles. The van der Waals surface area contributed by atoms with Crippen molar-refractivity contribution >= 4 is 29.5 Å². The van der Waals surface area contributed by atoms with Gasteiger partial charge >= 0.3 is 0 Å². The molecule has 0 radical (unpaired) electrons. The van der Waals surface area contributed by atoms with E-state index in [2.05, 4.69) is 10.2 Å². The summed E-state index contributed by atoms with van der Waals surface area (Å²) in [5.74, 6) is 2.11. The Labute approximate surface area is 166 Å². The van der Waals surface area contributed by atoms with Gasteiger partial charge in [-0.1, -0.05) is 6.07 Å². The van der Waals surface area contributed by atoms with E-state index in [0.717, 1.165) is 16.4 Å². The molecule has 142 valence electrons. The molecule has 1 N–H and O–H groups in total. The Kier molecular flexibility index (Phi) is 6.25. The number of aromatic nitrogens is 3. The van der Waals surface area contributed by atoms with Crippen LogP contribution in [0.25, 0.3) is 10.7 Å². The average molecular weight is 405 g/mol. The van der Waals surface area contributed by atoms with Crippen LogP contribution in [0.4, 0.5) is 0 Å². The summed E-state index contributed by atoms with van der Waals surface area (Å²) >= 11 is 6.82. The number of nitrogens with zero attached hydrogens (tertiary/aromatic N) is 3. The SMILES string of the molecule is COc1ccc(OCCN(C)C(=O)Cn2c(-c3cccs3)n[nH]c2=S)cc1. The number of hydrogen-bond donors (Lipinski definition) is 1. The van der Waals surface area contributed by atoms with Crippen molar-refractivity contribution in [1.82, 2.24) is 19.7 Å². The van der Waals surface area contributed by atoms with Crippen LogP contribution in [0.15, 0.2) is 41.8 Å². The molecule has 0 spiro atoms. The van der Waals surface area contributed by atoms with E-state index in [-0.39, 0.29) is 12.5 Å². The molecular weight excluding hydrogens is 384 g/mol. The largest absolute Gasteiger partial charge is 0.497 e. The van der Waals surface area contributed by atoms with Crippen LogP contribution in [-0.2, 0) is 11.3 Å². The lowest BCUT2D eigenvalue weighted by atomic mass is 10.3. The Balaban J connectivity index is 1.55. The molecule has 1 amide bonds. The number of methoxy groups -OCH3 is 1. The van der Waals surface area contributed by atoms with Crippen molar-refractivity contribution in [3.05, 3.63) is 46.5 Å². The zero-order valence-corrected chi connectivity index (χ0v) is 16.7. The van der Waals surface area contributed by atoms with Gasteiger partial charge in [0.2, 0.25) is 5.91 Å². The topological polar surface area (TPSA) is 72.4 Å². The Bertz CT molecular complexity index is 932. The molecule has 0 saturated carbocycles. The maximum atomic E-state index is 12.6. The van der Waals surface area contributed by atoms with E-state index in [4.69, 9.17) is 21.7 Å². The second kappa shape index (κ2) is 8.83. The fraction of sp³-hybridized carbons (Fsp3) is 0.278. The molecule has 1 aromatic carbocycles. The minimum Gasteiger partial charge on any atom is -0.497 e. The molecule has 7 nitrogen and oxygen atoms in total. The fourth-order valence-electron chi connectivity index (χ4n) is 2.41. The molecule has 0 fully saturated rings. The van der Waals surface area contributed by atoms with Crippen LogP contribution in [-0.4, -0.2) is 52.9 Å². The first kappa shape index (κ1) is 19.1. The third-order valence-corrected chi connectivity index (χ3v) is 5.15. The maximum Gasteiger partial charge on any atom is 0.242 e. The summed E-state index contributed by atoms with van der Waals surface area (Å²) in [6.07, 6.45) is 0. The number of carbonyl (C=O) groups is 1. The minimum absolute atomic E-state index is 0.0661. The van der Waals surface area contributed by atoms with Crippen LogP contribution in [0.1, 0.15) is 0 Å². The van der Waals surface area contributed by atoms with Gasteiger partial charge in [0.1, 0.15) is 24.7 Å². The first-order chi connectivity index (χ1) is 13.1. The molecule has 0 aliphatic carbocycles. The number of aromatic amines is 1. The van der Waals surface area contributed by atoms with Crippen LogP contribution in [0.3, 0.4) is 0 Å². The second-order valence-corrected chi connectivity index (χ2v) is 7.09. The third kappa shape index (κ3) is 4.75. The molecule has 0 bridgehead atoms. The number of carbonyl (C=O) groups excluding carboxylic acids is 1. The van der Waals surface area contributed by atoms with Gasteiger partial charge in [0.05, 0.1) is 18.5 Å². The van der Waals surface area contributed by atoms with E-state index in [1.807, 2.05) is 41.8 Å². The van der Waals surface area contributed by atoms with Crippen LogP contribution < -0.4 is 9.47 Å². The lowest BCUT2D eigenvalue weighted by Gasteiger charge is -2.18. The minimum atomic E-state index is -0.0661. The molecule has 0 atom stereocenters. The zero-order valence-electron chi connectivity index (χ0n) is 15.0. The number of likely N-dealkylation sites (N-methyl/N-ethyl adjacent to an activating group) is 1. The summed E-state index contributed by atoms with van der Waals surface area (Å²) in [5, 5.41) is 8.96. The van der Waals surface area contributed by atoms with Crippen molar-refractivity contribution in [1.29, 1.82) is 0 Å². The van der Waals surface area contributed by atoms with Gasteiger partial charge in [-0.05, 0) is 47.9 Å². The number of H-pyrrole nitrogens is 1. The highest BCUT2D eigenvalue weighted by Crippen LogP contribution is 2.22. The molecular formula is C18H20N4O3S2. The number of ether oxygens (including phenoxy) is 2. The first-order valence-corrected chi connectivity index (χ1v) is 9.57. The summed E-state index contributed by atoms with van der Waals surface area (Å²) in [6.45, 7) is 0.981. The Morgan fingerprint density at radius 1 is 1.30 bits per heavy atom. The van der Waals surface area contributed by atoms with Crippen LogP contribution in [0.2, 0.25) is 0 Å². The maximum absolute atomic E-state index is 12.6. The molecule has 0 aliphatic rings. The summed E-state index contributed by atoms with van der Waals surface area (Å²) in [6, 6.07) is 11.2. The normalized spacial score (nSPS) is 10.6. The average Bonchev–Trinajstić information content (AvgIpc) is 3.32. The quantitative estimate of drug-likeness (QED) is 0.584. The van der Waals surface area contributed by atoms with Gasteiger partial charge in [0, 0.05) is 7.05 Å². The number of amides is 1. The van der Waals surface area contributed by atoms with E-state index in [1.54, 1.807) is 35.0 Å². The van der Waals surface area contributed by atoms with E-state index >= 15 is 0 Å². The van der Waals surface area contributed by atoms with Gasteiger partial charge in [0.15, 0.2) is 10.6 Å². The molecule has 0 unspecified atom stereocenters. The number of hydrogen-bond acceptors (Lipinski definition) is 6. The van der Waals surface area contributed by atoms with Gasteiger partial charge in [-0.3, -0.25) is 14.5 Å². The van der Waals surface area contributed by atoms with Crippen LogP contribution in [0.5, 0.6) is 11.5 Å². The van der Waals surface area contributed by atoms with E-state index in [0.29, 0.717) is 23.7 Å². The standard InChI is InChI=1S/C18H20N4O3S2/c1-21(9-10-25-14-7-5-13(24-2)6-8-14)16(23)12-22-17(19-20-18(22)26)15-4-3-11-27-15/h3-8,11H,9-10,12H2,1-2H3,(H,20,26). The predicted molar refractivity (Wildman–Crippen MR) is 107 cm³/mol. The second-order valence-electron chi connectivity index (χ2n) is 5.76. The summed E-state index contributed by atoms with van der Waals surface area (Å²) < 4.78 is 12.9. The highest BCUT2D eigenvalue weighted by molar-refractivity contribution is 7.71. The lowest BCUT2D eigenvalue weighted by Crippen LogP contribution is -2.33. The summed E-state index contributed by atoms with van der Waals surface area (Å²) in [7, 11) is 3.36. The van der Waals surface area contributed by atoms with E-state index < -0.39 is 0 Å². The molecule has 3 aromatic rings. The molecule has 27 heavy (non-hydrogen) atoms. The zero-order chi connectivity index (χ0) is 19.2. The van der Waals surface area contributed by atoms with Crippen molar-refractivity contribution in [2.24, 2.45) is 0 Å². The van der Waals surface area contributed by atoms with Crippen molar-refractivity contribution in [2.45, 2.75) is 6.54 Å². The van der Waals surface area contributed by atoms with Gasteiger partial charge in [-0.25, -0.2) is 0 Å². The number of benzene rings is 1. The predicted octanol–water partition coefficient (Wildman–Crippen LogP) is 3.22. The van der Waals surface area contributed by atoms with Gasteiger partial charge in [-0.2, -0.15) is 5.10 Å². The van der Waals surface area contributed by atoms with E-state index in [9.17, 15) is 4.79 Å². The molecule has 2 aromatic heterocycles. The summed E-state index contributed by atoms with van der Waals surface area (Å²) in [4.78, 5) is 15.1. The number of thiophene rings is 1.